The van der Waals surface area contributed by atoms with Crippen LogP contribution in [0.2, 0.25) is 0 Å². The molecular weight excluding hydrogens is 152 g/mol. The zero-order valence-electron chi connectivity index (χ0n) is 8.13. The summed E-state index contributed by atoms with van der Waals surface area (Å²) in [6.07, 6.45) is 4.53. The van der Waals surface area contributed by atoms with E-state index in [-0.39, 0.29) is 5.92 Å². The van der Waals surface area contributed by atoms with Crippen molar-refractivity contribution in [2.75, 3.05) is 0 Å². The van der Waals surface area contributed by atoms with E-state index in [9.17, 15) is 4.79 Å². The molecule has 0 aromatic carbocycles. The fourth-order valence-electron chi connectivity index (χ4n) is 1.19. The van der Waals surface area contributed by atoms with Gasteiger partial charge in [-0.3, -0.25) is 4.79 Å². The predicted octanol–water partition coefficient (Wildman–Crippen LogP) is 2.84. The van der Waals surface area contributed by atoms with Crippen LogP contribution in [0.15, 0.2) is 11.6 Å². The van der Waals surface area contributed by atoms with Gasteiger partial charge < -0.3 is 5.11 Å². The zero-order chi connectivity index (χ0) is 9.56. The molecular formula is C10H18O2. The standard InChI is InChI=1S/C8H12O2.C2H6/c1-6-2-4-7(5-3-6)8(9)10;1-2/h2,7H,3-5H2,1H3,(H,9,10);1-2H3. The van der Waals surface area contributed by atoms with E-state index < -0.39 is 5.97 Å². The van der Waals surface area contributed by atoms with E-state index in [0.717, 1.165) is 19.3 Å². The quantitative estimate of drug-likeness (QED) is 0.614. The lowest BCUT2D eigenvalue weighted by atomic mass is 9.90. The summed E-state index contributed by atoms with van der Waals surface area (Å²) in [5, 5.41) is 8.60. The number of allylic oxidation sites excluding steroid dienone is 2. The largest absolute Gasteiger partial charge is 0.481 e. The number of hydrogen-bond donors (Lipinski definition) is 1. The maximum absolute atomic E-state index is 10.4. The molecule has 2 heteroatoms. The van der Waals surface area contributed by atoms with Crippen molar-refractivity contribution in [2.45, 2.75) is 40.0 Å². The first-order valence-electron chi connectivity index (χ1n) is 4.58. The Morgan fingerprint density at radius 1 is 1.58 bits per heavy atom. The van der Waals surface area contributed by atoms with Crippen LogP contribution in [0.4, 0.5) is 0 Å². The van der Waals surface area contributed by atoms with Gasteiger partial charge in [0.2, 0.25) is 0 Å². The Hall–Kier alpha value is -0.790. The van der Waals surface area contributed by atoms with Gasteiger partial charge in [-0.05, 0) is 26.2 Å². The van der Waals surface area contributed by atoms with Crippen LogP contribution < -0.4 is 0 Å². The normalized spacial score (nSPS) is 21.9. The second-order valence-electron chi connectivity index (χ2n) is 2.86. The lowest BCUT2D eigenvalue weighted by Gasteiger charge is -2.15. The Labute approximate surface area is 74.3 Å². The van der Waals surface area contributed by atoms with Crippen LogP contribution in [0, 0.1) is 5.92 Å². The van der Waals surface area contributed by atoms with E-state index in [2.05, 4.69) is 6.92 Å². The summed E-state index contributed by atoms with van der Waals surface area (Å²) in [5.74, 6) is -0.771. The summed E-state index contributed by atoms with van der Waals surface area (Å²) in [5.41, 5.74) is 1.33. The van der Waals surface area contributed by atoms with E-state index in [4.69, 9.17) is 5.11 Å². The molecule has 0 amide bonds. The minimum absolute atomic E-state index is 0.122. The Kier molecular flexibility index (Phi) is 5.43. The van der Waals surface area contributed by atoms with Crippen molar-refractivity contribution in [3.8, 4) is 0 Å². The van der Waals surface area contributed by atoms with Crippen molar-refractivity contribution < 1.29 is 9.90 Å². The highest BCUT2D eigenvalue weighted by atomic mass is 16.4. The first kappa shape index (κ1) is 11.2. The van der Waals surface area contributed by atoms with Crippen LogP contribution in [0.3, 0.4) is 0 Å². The maximum Gasteiger partial charge on any atom is 0.306 e. The van der Waals surface area contributed by atoms with Crippen molar-refractivity contribution in [3.63, 3.8) is 0 Å². The molecule has 1 atom stereocenters. The van der Waals surface area contributed by atoms with E-state index in [1.54, 1.807) is 0 Å². The summed E-state index contributed by atoms with van der Waals surface area (Å²) in [7, 11) is 0. The molecule has 0 saturated heterocycles. The van der Waals surface area contributed by atoms with Crippen molar-refractivity contribution in [3.05, 3.63) is 11.6 Å². The monoisotopic (exact) mass is 170 g/mol. The first-order chi connectivity index (χ1) is 5.70. The predicted molar refractivity (Wildman–Crippen MR) is 50.1 cm³/mol. The Bertz CT molecular complexity index is 171. The molecule has 0 saturated carbocycles. The van der Waals surface area contributed by atoms with E-state index in [0.29, 0.717) is 0 Å². The minimum atomic E-state index is -0.649. The van der Waals surface area contributed by atoms with Gasteiger partial charge in [0.05, 0.1) is 5.92 Å². The SMILES string of the molecule is CC.CC1=CCC(C(=O)O)CC1. The van der Waals surface area contributed by atoms with Crippen LogP contribution in [-0.2, 0) is 4.79 Å². The van der Waals surface area contributed by atoms with Crippen LogP contribution in [-0.4, -0.2) is 11.1 Å². The number of carbonyl (C=O) groups is 1. The fraction of sp³-hybridized carbons (Fsp3) is 0.700. The molecule has 0 radical (unpaired) electrons. The average Bonchev–Trinajstić information content (AvgIpc) is 2.09. The van der Waals surface area contributed by atoms with Crippen LogP contribution in [0.1, 0.15) is 40.0 Å². The van der Waals surface area contributed by atoms with Crippen molar-refractivity contribution in [1.29, 1.82) is 0 Å². The molecule has 70 valence electrons. The molecule has 0 bridgehead atoms. The summed E-state index contributed by atoms with van der Waals surface area (Å²) in [6.45, 7) is 6.05. The molecule has 1 aliphatic carbocycles. The van der Waals surface area contributed by atoms with Gasteiger partial charge in [0.1, 0.15) is 0 Å². The third-order valence-corrected chi connectivity index (χ3v) is 1.99. The number of hydrogen-bond acceptors (Lipinski definition) is 1. The van der Waals surface area contributed by atoms with E-state index in [1.807, 2.05) is 19.9 Å². The molecule has 0 aromatic rings. The van der Waals surface area contributed by atoms with Crippen molar-refractivity contribution in [1.82, 2.24) is 0 Å². The number of carboxylic acids is 1. The molecule has 0 heterocycles. The van der Waals surface area contributed by atoms with Crippen LogP contribution >= 0.6 is 0 Å². The Balaban J connectivity index is 0.000000561. The minimum Gasteiger partial charge on any atom is -0.481 e. The molecule has 1 aliphatic rings. The lowest BCUT2D eigenvalue weighted by Crippen LogP contribution is -2.15. The van der Waals surface area contributed by atoms with Gasteiger partial charge in [-0.15, -0.1) is 0 Å². The molecule has 0 spiro atoms. The van der Waals surface area contributed by atoms with Gasteiger partial charge in [-0.2, -0.15) is 0 Å². The molecule has 2 nitrogen and oxygen atoms in total. The number of rotatable bonds is 1. The third-order valence-electron chi connectivity index (χ3n) is 1.99. The Morgan fingerprint density at radius 3 is 2.50 bits per heavy atom. The Morgan fingerprint density at radius 2 is 2.17 bits per heavy atom. The molecule has 0 aromatic heterocycles. The summed E-state index contributed by atoms with van der Waals surface area (Å²) in [4.78, 5) is 10.4. The van der Waals surface area contributed by atoms with Gasteiger partial charge in [-0.1, -0.05) is 25.5 Å². The second-order valence-corrected chi connectivity index (χ2v) is 2.86. The number of aliphatic carboxylic acids is 1. The van der Waals surface area contributed by atoms with Crippen molar-refractivity contribution in [2.24, 2.45) is 5.92 Å². The highest BCUT2D eigenvalue weighted by Crippen LogP contribution is 2.22. The lowest BCUT2D eigenvalue weighted by molar-refractivity contribution is -0.141. The summed E-state index contributed by atoms with van der Waals surface area (Å²) in [6, 6.07) is 0. The van der Waals surface area contributed by atoms with Crippen LogP contribution in [0.5, 0.6) is 0 Å². The molecule has 0 aliphatic heterocycles. The first-order valence-corrected chi connectivity index (χ1v) is 4.58. The maximum atomic E-state index is 10.4. The van der Waals surface area contributed by atoms with E-state index >= 15 is 0 Å². The zero-order valence-corrected chi connectivity index (χ0v) is 8.13. The van der Waals surface area contributed by atoms with Gasteiger partial charge in [-0.25, -0.2) is 0 Å². The van der Waals surface area contributed by atoms with Gasteiger partial charge >= 0.3 is 5.97 Å². The van der Waals surface area contributed by atoms with E-state index in [1.165, 1.54) is 5.57 Å². The molecule has 0 fully saturated rings. The second kappa shape index (κ2) is 5.81. The molecule has 1 unspecified atom stereocenters. The number of carboxylic acid groups (broad SMARTS) is 1. The van der Waals surface area contributed by atoms with Gasteiger partial charge in [0.15, 0.2) is 0 Å². The highest BCUT2D eigenvalue weighted by Gasteiger charge is 2.18. The smallest absolute Gasteiger partial charge is 0.306 e. The summed E-state index contributed by atoms with van der Waals surface area (Å²) >= 11 is 0. The van der Waals surface area contributed by atoms with Crippen molar-refractivity contribution >= 4 is 5.97 Å². The van der Waals surface area contributed by atoms with Gasteiger partial charge in [0.25, 0.3) is 0 Å². The molecule has 1 N–H and O–H groups in total. The van der Waals surface area contributed by atoms with Crippen LogP contribution in [0.25, 0.3) is 0 Å². The topological polar surface area (TPSA) is 37.3 Å². The molecule has 1 rings (SSSR count). The summed E-state index contributed by atoms with van der Waals surface area (Å²) < 4.78 is 0. The van der Waals surface area contributed by atoms with Gasteiger partial charge in [0, 0.05) is 0 Å². The fourth-order valence-corrected chi connectivity index (χ4v) is 1.19. The third kappa shape index (κ3) is 3.56. The average molecular weight is 170 g/mol. The molecule has 12 heavy (non-hydrogen) atoms. The highest BCUT2D eigenvalue weighted by molar-refractivity contribution is 5.70.